The zero-order valence-electron chi connectivity index (χ0n) is 17.1. The number of rotatable bonds is 6. The van der Waals surface area contributed by atoms with Crippen LogP contribution in [0.5, 0.6) is 0 Å². The monoisotopic (exact) mass is 399 g/mol. The summed E-state index contributed by atoms with van der Waals surface area (Å²) >= 11 is 0. The van der Waals surface area contributed by atoms with E-state index < -0.39 is 0 Å². The molecule has 0 saturated carbocycles. The highest BCUT2D eigenvalue weighted by Crippen LogP contribution is 2.32. The highest BCUT2D eigenvalue weighted by atomic mass is 19.1. The Labute approximate surface area is 172 Å². The van der Waals surface area contributed by atoms with Crippen LogP contribution in [0.2, 0.25) is 0 Å². The molecular formula is C23H30FN3O2. The van der Waals surface area contributed by atoms with Crippen LogP contribution < -0.4 is 5.32 Å². The lowest BCUT2D eigenvalue weighted by molar-refractivity contribution is 0.113. The van der Waals surface area contributed by atoms with Gasteiger partial charge < -0.3 is 20.2 Å². The molecule has 0 aromatic heterocycles. The van der Waals surface area contributed by atoms with E-state index in [2.05, 4.69) is 17.4 Å². The molecular weight excluding hydrogens is 369 g/mol. The third kappa shape index (κ3) is 5.55. The van der Waals surface area contributed by atoms with Gasteiger partial charge in [-0.15, -0.1) is 0 Å². The molecule has 3 rings (SSSR count). The first-order valence-corrected chi connectivity index (χ1v) is 10.1. The summed E-state index contributed by atoms with van der Waals surface area (Å²) in [5, 5.41) is 12.8. The maximum absolute atomic E-state index is 13.9. The van der Waals surface area contributed by atoms with Crippen molar-refractivity contribution >= 4 is 6.03 Å². The summed E-state index contributed by atoms with van der Waals surface area (Å²) < 4.78 is 13.9. The van der Waals surface area contributed by atoms with E-state index in [1.54, 1.807) is 17.0 Å². The van der Waals surface area contributed by atoms with Crippen molar-refractivity contribution in [1.29, 1.82) is 0 Å². The number of likely N-dealkylation sites (tertiary alicyclic amines) is 1. The van der Waals surface area contributed by atoms with Gasteiger partial charge in [-0.1, -0.05) is 36.4 Å². The second-order valence-electron chi connectivity index (χ2n) is 8.02. The second kappa shape index (κ2) is 9.85. The van der Waals surface area contributed by atoms with Crippen LogP contribution in [0, 0.1) is 11.7 Å². The highest BCUT2D eigenvalue weighted by Gasteiger charge is 2.31. The second-order valence-corrected chi connectivity index (χ2v) is 8.02. The Hall–Kier alpha value is -2.44. The molecule has 1 aliphatic rings. The number of hydrogen-bond donors (Lipinski definition) is 2. The normalized spacial score (nSPS) is 19.4. The number of hydrogen-bond acceptors (Lipinski definition) is 3. The van der Waals surface area contributed by atoms with Crippen LogP contribution in [0.25, 0.3) is 0 Å². The van der Waals surface area contributed by atoms with Gasteiger partial charge in [0, 0.05) is 44.3 Å². The smallest absolute Gasteiger partial charge is 0.317 e. The number of nitrogens with one attached hydrogen (secondary N) is 1. The summed E-state index contributed by atoms with van der Waals surface area (Å²) in [4.78, 5) is 16.3. The zero-order valence-corrected chi connectivity index (χ0v) is 17.1. The largest absolute Gasteiger partial charge is 0.396 e. The number of urea groups is 1. The van der Waals surface area contributed by atoms with Crippen LogP contribution in [0.4, 0.5) is 9.18 Å². The van der Waals surface area contributed by atoms with Crippen LogP contribution in [-0.4, -0.2) is 54.7 Å². The van der Waals surface area contributed by atoms with Gasteiger partial charge in [0.05, 0.1) is 0 Å². The summed E-state index contributed by atoms with van der Waals surface area (Å²) in [6.07, 6.45) is 0.826. The summed E-state index contributed by atoms with van der Waals surface area (Å²) in [7, 11) is 3.79. The van der Waals surface area contributed by atoms with E-state index in [-0.39, 0.29) is 30.3 Å². The predicted octanol–water partition coefficient (Wildman–Crippen LogP) is 3.19. The Morgan fingerprint density at radius 1 is 1.24 bits per heavy atom. The fraction of sp³-hybridized carbons (Fsp3) is 0.435. The first-order valence-electron chi connectivity index (χ1n) is 10.1. The van der Waals surface area contributed by atoms with Crippen LogP contribution >= 0.6 is 0 Å². The van der Waals surface area contributed by atoms with Gasteiger partial charge in [0.2, 0.25) is 0 Å². The first kappa shape index (κ1) is 21.3. The molecule has 2 N–H and O–H groups in total. The van der Waals surface area contributed by atoms with E-state index >= 15 is 0 Å². The van der Waals surface area contributed by atoms with E-state index in [4.69, 9.17) is 0 Å². The molecule has 6 heteroatoms. The number of aliphatic hydroxyl groups excluding tert-OH is 1. The van der Waals surface area contributed by atoms with E-state index in [1.165, 1.54) is 11.6 Å². The number of nitrogens with zero attached hydrogens (tertiary/aromatic N) is 2. The number of carbonyl (C=O) groups is 1. The fourth-order valence-electron chi connectivity index (χ4n) is 4.03. The first-order chi connectivity index (χ1) is 14.0. The zero-order chi connectivity index (χ0) is 20.8. The van der Waals surface area contributed by atoms with Crippen molar-refractivity contribution < 1.29 is 14.3 Å². The molecule has 0 spiro atoms. The number of halogens is 1. The Morgan fingerprint density at radius 3 is 2.69 bits per heavy atom. The summed E-state index contributed by atoms with van der Waals surface area (Å²) in [5.41, 5.74) is 2.70. The lowest BCUT2D eigenvalue weighted by atomic mass is 9.81. The van der Waals surface area contributed by atoms with Crippen molar-refractivity contribution in [3.8, 4) is 0 Å². The maximum Gasteiger partial charge on any atom is 0.317 e. The van der Waals surface area contributed by atoms with E-state index in [1.807, 2.05) is 37.2 Å². The number of piperidine rings is 1. The molecule has 29 heavy (non-hydrogen) atoms. The maximum atomic E-state index is 13.9. The summed E-state index contributed by atoms with van der Waals surface area (Å²) in [6.45, 7) is 2.09. The van der Waals surface area contributed by atoms with Gasteiger partial charge in [-0.25, -0.2) is 9.18 Å². The molecule has 156 valence electrons. The van der Waals surface area contributed by atoms with Crippen LogP contribution in [-0.2, 0) is 13.1 Å². The summed E-state index contributed by atoms with van der Waals surface area (Å²) in [6, 6.07) is 15.0. The molecule has 2 aromatic carbocycles. The number of benzene rings is 2. The Balaban J connectivity index is 1.58. The van der Waals surface area contributed by atoms with Crippen molar-refractivity contribution in [2.75, 3.05) is 33.8 Å². The molecule has 1 aliphatic heterocycles. The third-order valence-corrected chi connectivity index (χ3v) is 5.52. The summed E-state index contributed by atoms with van der Waals surface area (Å²) in [5.74, 6) is 0.0490. The quantitative estimate of drug-likeness (QED) is 0.784. The van der Waals surface area contributed by atoms with E-state index in [0.717, 1.165) is 12.0 Å². The highest BCUT2D eigenvalue weighted by molar-refractivity contribution is 5.74. The molecule has 0 aliphatic carbocycles. The van der Waals surface area contributed by atoms with Gasteiger partial charge >= 0.3 is 6.03 Å². The minimum Gasteiger partial charge on any atom is -0.396 e. The van der Waals surface area contributed by atoms with Gasteiger partial charge in [0.25, 0.3) is 0 Å². The molecule has 1 fully saturated rings. The molecule has 0 radical (unpaired) electrons. The topological polar surface area (TPSA) is 55.8 Å². The van der Waals surface area contributed by atoms with Crippen molar-refractivity contribution in [2.24, 2.45) is 5.92 Å². The van der Waals surface area contributed by atoms with Crippen LogP contribution in [0.3, 0.4) is 0 Å². The fourth-order valence-corrected chi connectivity index (χ4v) is 4.03. The van der Waals surface area contributed by atoms with Crippen molar-refractivity contribution in [1.82, 2.24) is 15.1 Å². The average Bonchev–Trinajstić information content (AvgIpc) is 2.73. The van der Waals surface area contributed by atoms with E-state index in [0.29, 0.717) is 31.7 Å². The Morgan fingerprint density at radius 2 is 2.00 bits per heavy atom. The lowest BCUT2D eigenvalue weighted by Crippen LogP contribution is -2.48. The third-order valence-electron chi connectivity index (χ3n) is 5.52. The Kier molecular flexibility index (Phi) is 7.23. The molecule has 2 atom stereocenters. The predicted molar refractivity (Wildman–Crippen MR) is 112 cm³/mol. The SMILES string of the molecule is CN(C)Cc1cc(CNC(=O)N2CC[C@@H](c3ccccc3)[C@@H](CO)C2)ccc1F. The Bertz CT molecular complexity index is 813. The molecule has 0 bridgehead atoms. The van der Waals surface area contributed by atoms with Gasteiger partial charge in [-0.3, -0.25) is 0 Å². The molecule has 2 aromatic rings. The minimum absolute atomic E-state index is 0.0226. The molecule has 2 amide bonds. The van der Waals surface area contributed by atoms with Crippen molar-refractivity contribution in [2.45, 2.75) is 25.4 Å². The van der Waals surface area contributed by atoms with Gasteiger partial charge in [0.15, 0.2) is 0 Å². The number of aliphatic hydroxyl groups is 1. The van der Waals surface area contributed by atoms with Crippen molar-refractivity contribution in [3.63, 3.8) is 0 Å². The van der Waals surface area contributed by atoms with Gasteiger partial charge in [-0.05, 0) is 49.7 Å². The minimum atomic E-state index is -0.234. The van der Waals surface area contributed by atoms with E-state index in [9.17, 15) is 14.3 Å². The van der Waals surface area contributed by atoms with Gasteiger partial charge in [-0.2, -0.15) is 0 Å². The standard InChI is InChI=1S/C23H30FN3O2/c1-26(2)14-19-12-17(8-9-22(19)24)13-25-23(29)27-11-10-21(20(15-27)16-28)18-6-4-3-5-7-18/h3-9,12,20-21,28H,10-11,13-16H2,1-2H3,(H,25,29)/t20-,21+/m1/s1. The van der Waals surface area contributed by atoms with Gasteiger partial charge in [0.1, 0.15) is 5.82 Å². The van der Waals surface area contributed by atoms with Crippen LogP contribution in [0.15, 0.2) is 48.5 Å². The molecule has 0 unspecified atom stereocenters. The lowest BCUT2D eigenvalue weighted by Gasteiger charge is -2.38. The number of amides is 2. The van der Waals surface area contributed by atoms with Crippen molar-refractivity contribution in [3.05, 3.63) is 71.0 Å². The average molecular weight is 400 g/mol. The molecule has 1 heterocycles. The number of carbonyl (C=O) groups excluding carboxylic acids is 1. The molecule has 5 nitrogen and oxygen atoms in total. The molecule has 1 saturated heterocycles. The van der Waals surface area contributed by atoms with Crippen LogP contribution in [0.1, 0.15) is 29.0 Å².